The highest BCUT2D eigenvalue weighted by Crippen LogP contribution is 2.20. The van der Waals surface area contributed by atoms with E-state index in [4.69, 9.17) is 17.3 Å². The predicted octanol–water partition coefficient (Wildman–Crippen LogP) is 4.18. The van der Waals surface area contributed by atoms with Crippen LogP contribution in [-0.2, 0) is 0 Å². The Morgan fingerprint density at radius 3 is 2.50 bits per heavy atom. The molecule has 1 unspecified atom stereocenters. The molecule has 0 radical (unpaired) electrons. The van der Waals surface area contributed by atoms with E-state index in [1.807, 2.05) is 19.1 Å². The fourth-order valence-corrected chi connectivity index (χ4v) is 2.35. The van der Waals surface area contributed by atoms with E-state index < -0.39 is 0 Å². The summed E-state index contributed by atoms with van der Waals surface area (Å²) in [5.74, 6) is -0.197. The van der Waals surface area contributed by atoms with Gasteiger partial charge in [0.1, 0.15) is 0 Å². The van der Waals surface area contributed by atoms with Crippen molar-refractivity contribution in [2.24, 2.45) is 0 Å². The molecule has 2 aromatic rings. The second-order valence-electron chi connectivity index (χ2n) is 4.48. The number of rotatable bonds is 3. The Bertz CT molecular complexity index is 628. The minimum atomic E-state index is -0.197. The lowest BCUT2D eigenvalue weighted by molar-refractivity contribution is 0.0941. The third kappa shape index (κ3) is 3.52. The number of amides is 1. The van der Waals surface area contributed by atoms with Gasteiger partial charge in [-0.2, -0.15) is 0 Å². The third-order valence-corrected chi connectivity index (χ3v) is 3.72. The highest BCUT2D eigenvalue weighted by atomic mass is 79.9. The molecule has 0 fully saturated rings. The van der Waals surface area contributed by atoms with Crippen LogP contribution in [0.5, 0.6) is 0 Å². The SMILES string of the molecule is CC(NC(=O)c1ccc(Br)cc1N)c1ccc(Cl)cc1. The Labute approximate surface area is 131 Å². The number of carbonyl (C=O) groups excluding carboxylic acids is 1. The molecule has 0 aliphatic rings. The van der Waals surface area contributed by atoms with E-state index >= 15 is 0 Å². The summed E-state index contributed by atoms with van der Waals surface area (Å²) in [4.78, 5) is 12.2. The molecule has 0 aliphatic carbocycles. The van der Waals surface area contributed by atoms with Crippen LogP contribution >= 0.6 is 27.5 Å². The van der Waals surface area contributed by atoms with E-state index in [-0.39, 0.29) is 11.9 Å². The van der Waals surface area contributed by atoms with Gasteiger partial charge in [-0.25, -0.2) is 0 Å². The first-order chi connectivity index (χ1) is 9.47. The van der Waals surface area contributed by atoms with Gasteiger partial charge < -0.3 is 11.1 Å². The Kier molecular flexibility index (Phi) is 4.68. The molecule has 5 heteroatoms. The van der Waals surface area contributed by atoms with Crippen molar-refractivity contribution >= 4 is 39.1 Å². The first kappa shape index (κ1) is 14.9. The number of nitrogens with one attached hydrogen (secondary N) is 1. The van der Waals surface area contributed by atoms with E-state index in [1.54, 1.807) is 30.3 Å². The van der Waals surface area contributed by atoms with Gasteiger partial charge in [-0.1, -0.05) is 39.7 Å². The number of halogens is 2. The molecule has 0 spiro atoms. The Hall–Kier alpha value is -1.52. The summed E-state index contributed by atoms with van der Waals surface area (Å²) < 4.78 is 0.845. The van der Waals surface area contributed by atoms with Crippen molar-refractivity contribution in [1.82, 2.24) is 5.32 Å². The average molecular weight is 354 g/mol. The molecular formula is C15H14BrClN2O. The zero-order chi connectivity index (χ0) is 14.7. The van der Waals surface area contributed by atoms with Crippen LogP contribution in [0, 0.1) is 0 Å². The molecule has 0 heterocycles. The molecule has 3 N–H and O–H groups in total. The average Bonchev–Trinajstić information content (AvgIpc) is 2.39. The molecule has 2 rings (SSSR count). The van der Waals surface area contributed by atoms with Gasteiger partial charge in [0.25, 0.3) is 5.91 Å². The minimum Gasteiger partial charge on any atom is -0.398 e. The Balaban J connectivity index is 2.13. The number of anilines is 1. The zero-order valence-electron chi connectivity index (χ0n) is 10.9. The monoisotopic (exact) mass is 352 g/mol. The van der Waals surface area contributed by atoms with E-state index in [2.05, 4.69) is 21.2 Å². The quantitative estimate of drug-likeness (QED) is 0.813. The van der Waals surface area contributed by atoms with Gasteiger partial charge >= 0.3 is 0 Å². The van der Waals surface area contributed by atoms with Gasteiger partial charge in [0.2, 0.25) is 0 Å². The van der Waals surface area contributed by atoms with Gasteiger partial charge in [0.15, 0.2) is 0 Å². The largest absolute Gasteiger partial charge is 0.398 e. The van der Waals surface area contributed by atoms with Crippen molar-refractivity contribution in [2.75, 3.05) is 5.73 Å². The van der Waals surface area contributed by atoms with Crippen LogP contribution in [0.3, 0.4) is 0 Å². The lowest BCUT2D eigenvalue weighted by Crippen LogP contribution is -2.27. The van der Waals surface area contributed by atoms with Crippen molar-refractivity contribution in [2.45, 2.75) is 13.0 Å². The molecule has 0 aliphatic heterocycles. The van der Waals surface area contributed by atoms with Crippen LogP contribution in [0.25, 0.3) is 0 Å². The number of nitrogens with two attached hydrogens (primary N) is 1. The van der Waals surface area contributed by atoms with E-state index in [9.17, 15) is 4.79 Å². The second kappa shape index (κ2) is 6.29. The van der Waals surface area contributed by atoms with Crippen molar-refractivity contribution < 1.29 is 4.79 Å². The van der Waals surface area contributed by atoms with Gasteiger partial charge in [0, 0.05) is 15.2 Å². The van der Waals surface area contributed by atoms with Crippen molar-refractivity contribution in [3.05, 3.63) is 63.1 Å². The molecule has 3 nitrogen and oxygen atoms in total. The predicted molar refractivity (Wildman–Crippen MR) is 85.9 cm³/mol. The normalized spacial score (nSPS) is 11.9. The summed E-state index contributed by atoms with van der Waals surface area (Å²) in [5.41, 5.74) is 7.74. The zero-order valence-corrected chi connectivity index (χ0v) is 13.2. The van der Waals surface area contributed by atoms with Crippen LogP contribution in [0.15, 0.2) is 46.9 Å². The molecular weight excluding hydrogens is 340 g/mol. The highest BCUT2D eigenvalue weighted by molar-refractivity contribution is 9.10. The second-order valence-corrected chi connectivity index (χ2v) is 5.83. The Morgan fingerprint density at radius 2 is 1.90 bits per heavy atom. The summed E-state index contributed by atoms with van der Waals surface area (Å²) in [7, 11) is 0. The number of hydrogen-bond acceptors (Lipinski definition) is 2. The molecule has 1 amide bonds. The van der Waals surface area contributed by atoms with Crippen LogP contribution < -0.4 is 11.1 Å². The van der Waals surface area contributed by atoms with Crippen LogP contribution in [-0.4, -0.2) is 5.91 Å². The van der Waals surface area contributed by atoms with E-state index in [0.717, 1.165) is 10.0 Å². The van der Waals surface area contributed by atoms with Crippen LogP contribution in [0.1, 0.15) is 28.9 Å². The molecule has 1 atom stereocenters. The van der Waals surface area contributed by atoms with Gasteiger partial charge in [0.05, 0.1) is 11.6 Å². The van der Waals surface area contributed by atoms with Crippen LogP contribution in [0.2, 0.25) is 5.02 Å². The topological polar surface area (TPSA) is 55.1 Å². The molecule has 20 heavy (non-hydrogen) atoms. The first-order valence-electron chi connectivity index (χ1n) is 6.08. The summed E-state index contributed by atoms with van der Waals surface area (Å²) in [6, 6.07) is 12.4. The number of hydrogen-bond donors (Lipinski definition) is 2. The third-order valence-electron chi connectivity index (χ3n) is 2.98. The number of benzene rings is 2. The van der Waals surface area contributed by atoms with Gasteiger partial charge in [-0.3, -0.25) is 4.79 Å². The standard InChI is InChI=1S/C15H14BrClN2O/c1-9(10-2-5-12(17)6-3-10)19-15(20)13-7-4-11(16)8-14(13)18/h2-9H,18H2,1H3,(H,19,20). The fourth-order valence-electron chi connectivity index (χ4n) is 1.85. The molecule has 104 valence electrons. The maximum Gasteiger partial charge on any atom is 0.253 e. The molecule has 0 saturated heterocycles. The molecule has 2 aromatic carbocycles. The highest BCUT2D eigenvalue weighted by Gasteiger charge is 2.13. The smallest absolute Gasteiger partial charge is 0.253 e. The summed E-state index contributed by atoms with van der Waals surface area (Å²) in [6.45, 7) is 1.91. The van der Waals surface area contributed by atoms with Crippen molar-refractivity contribution in [3.8, 4) is 0 Å². The van der Waals surface area contributed by atoms with E-state index in [1.165, 1.54) is 0 Å². The summed E-state index contributed by atoms with van der Waals surface area (Å²) >= 11 is 9.16. The molecule has 0 aromatic heterocycles. The van der Waals surface area contributed by atoms with Gasteiger partial charge in [-0.15, -0.1) is 0 Å². The fraction of sp³-hybridized carbons (Fsp3) is 0.133. The van der Waals surface area contributed by atoms with Crippen molar-refractivity contribution in [1.29, 1.82) is 0 Å². The van der Waals surface area contributed by atoms with E-state index in [0.29, 0.717) is 16.3 Å². The van der Waals surface area contributed by atoms with Gasteiger partial charge in [-0.05, 0) is 42.8 Å². The lowest BCUT2D eigenvalue weighted by Gasteiger charge is -2.15. The maximum absolute atomic E-state index is 12.2. The maximum atomic E-state index is 12.2. The van der Waals surface area contributed by atoms with Crippen molar-refractivity contribution in [3.63, 3.8) is 0 Å². The number of carbonyl (C=O) groups is 1. The number of nitrogen functional groups attached to an aromatic ring is 1. The first-order valence-corrected chi connectivity index (χ1v) is 7.26. The molecule has 0 bridgehead atoms. The Morgan fingerprint density at radius 1 is 1.25 bits per heavy atom. The molecule has 0 saturated carbocycles. The summed E-state index contributed by atoms with van der Waals surface area (Å²) in [6.07, 6.45) is 0. The lowest BCUT2D eigenvalue weighted by atomic mass is 10.1. The minimum absolute atomic E-state index is 0.122. The summed E-state index contributed by atoms with van der Waals surface area (Å²) in [5, 5.41) is 3.59. The van der Waals surface area contributed by atoms with Crippen LogP contribution in [0.4, 0.5) is 5.69 Å².